The van der Waals surface area contributed by atoms with E-state index in [1.807, 2.05) is 0 Å². The fourth-order valence-corrected chi connectivity index (χ4v) is 2.78. The molecule has 0 saturated carbocycles. The molecule has 3 heteroatoms. The number of benzene rings is 1. The molecule has 0 aliphatic carbocycles. The topological polar surface area (TPSA) is 38.9 Å². The molecule has 2 N–H and O–H groups in total. The van der Waals surface area contributed by atoms with Gasteiger partial charge in [-0.2, -0.15) is 0 Å². The predicted molar refractivity (Wildman–Crippen MR) is 74.5 cm³/mol. The van der Waals surface area contributed by atoms with E-state index in [2.05, 4.69) is 43.1 Å². The summed E-state index contributed by atoms with van der Waals surface area (Å²) in [7, 11) is 0. The normalized spacial score (nSPS) is 10.7. The lowest BCUT2D eigenvalue weighted by molar-refractivity contribution is 0.879. The van der Waals surface area contributed by atoms with Gasteiger partial charge in [0.2, 0.25) is 0 Å². The maximum atomic E-state index is 5.79. The van der Waals surface area contributed by atoms with Crippen molar-refractivity contribution < 1.29 is 0 Å². The monoisotopic (exact) mass is 246 g/mol. The number of aromatic nitrogens is 1. The molecule has 0 bridgehead atoms. The number of nitrogen functional groups attached to an aromatic ring is 1. The van der Waals surface area contributed by atoms with Gasteiger partial charge < -0.3 is 5.73 Å². The molecule has 1 aromatic carbocycles. The molecule has 0 saturated heterocycles. The first-order chi connectivity index (χ1) is 8.19. The minimum atomic E-state index is 0.690. The third-order valence-electron chi connectivity index (χ3n) is 2.77. The van der Waals surface area contributed by atoms with Crippen LogP contribution in [0, 0.1) is 6.92 Å². The van der Waals surface area contributed by atoms with Gasteiger partial charge in [0.15, 0.2) is 5.13 Å². The lowest BCUT2D eigenvalue weighted by Crippen LogP contribution is -1.93. The van der Waals surface area contributed by atoms with Crippen LogP contribution in [0.25, 0.3) is 0 Å². The number of hydrogen-bond donors (Lipinski definition) is 1. The highest BCUT2D eigenvalue weighted by atomic mass is 32.1. The maximum absolute atomic E-state index is 5.79. The minimum absolute atomic E-state index is 0.690. The van der Waals surface area contributed by atoms with Crippen molar-refractivity contribution >= 4 is 16.5 Å². The molecule has 0 amide bonds. The van der Waals surface area contributed by atoms with Crippen LogP contribution >= 0.6 is 11.3 Å². The Morgan fingerprint density at radius 1 is 1.24 bits per heavy atom. The molecule has 2 nitrogen and oxygen atoms in total. The highest BCUT2D eigenvalue weighted by Gasteiger charge is 2.09. The van der Waals surface area contributed by atoms with Crippen LogP contribution in [0.2, 0.25) is 0 Å². The first-order valence-electron chi connectivity index (χ1n) is 5.98. The smallest absolute Gasteiger partial charge is 0.180 e. The van der Waals surface area contributed by atoms with Crippen molar-refractivity contribution in [2.45, 2.75) is 33.1 Å². The maximum Gasteiger partial charge on any atom is 0.180 e. The molecule has 1 aromatic heterocycles. The van der Waals surface area contributed by atoms with E-state index >= 15 is 0 Å². The molecule has 90 valence electrons. The standard InChI is InChI=1S/C14H18N2S/c1-3-4-12-13(17-14(15)16-12)9-11-7-5-10(2)6-8-11/h5-8H,3-4,9H2,1-2H3,(H2,15,16). The van der Waals surface area contributed by atoms with Gasteiger partial charge in [0.1, 0.15) is 0 Å². The summed E-state index contributed by atoms with van der Waals surface area (Å²) in [4.78, 5) is 5.72. The molecule has 2 aromatic rings. The summed E-state index contributed by atoms with van der Waals surface area (Å²) in [6, 6.07) is 8.67. The van der Waals surface area contributed by atoms with Crippen molar-refractivity contribution in [1.29, 1.82) is 0 Å². The summed E-state index contributed by atoms with van der Waals surface area (Å²) in [5.41, 5.74) is 9.60. The van der Waals surface area contributed by atoms with E-state index in [4.69, 9.17) is 5.73 Å². The Labute approximate surface area is 107 Å². The number of nitrogens with zero attached hydrogens (tertiary/aromatic N) is 1. The number of thiazole rings is 1. The van der Waals surface area contributed by atoms with Crippen LogP contribution in [0.3, 0.4) is 0 Å². The Morgan fingerprint density at radius 3 is 2.59 bits per heavy atom. The van der Waals surface area contributed by atoms with Gasteiger partial charge in [-0.15, -0.1) is 11.3 Å². The summed E-state index contributed by atoms with van der Waals surface area (Å²) in [6.45, 7) is 4.28. The van der Waals surface area contributed by atoms with E-state index in [0.717, 1.165) is 19.3 Å². The average molecular weight is 246 g/mol. The number of aryl methyl sites for hydroxylation is 2. The van der Waals surface area contributed by atoms with E-state index < -0.39 is 0 Å². The van der Waals surface area contributed by atoms with Crippen molar-refractivity contribution in [1.82, 2.24) is 4.98 Å². The van der Waals surface area contributed by atoms with Crippen molar-refractivity contribution in [3.05, 3.63) is 46.0 Å². The molecule has 0 radical (unpaired) electrons. The van der Waals surface area contributed by atoms with Gasteiger partial charge in [-0.25, -0.2) is 4.98 Å². The SMILES string of the molecule is CCCc1nc(N)sc1Cc1ccc(C)cc1. The third kappa shape index (κ3) is 3.07. The van der Waals surface area contributed by atoms with E-state index in [0.29, 0.717) is 5.13 Å². The second kappa shape index (κ2) is 5.32. The minimum Gasteiger partial charge on any atom is -0.375 e. The molecule has 0 atom stereocenters. The van der Waals surface area contributed by atoms with Crippen molar-refractivity contribution in [3.8, 4) is 0 Å². The predicted octanol–water partition coefficient (Wildman–Crippen LogP) is 3.58. The molecule has 2 rings (SSSR count). The number of rotatable bonds is 4. The summed E-state index contributed by atoms with van der Waals surface area (Å²) in [5.74, 6) is 0. The molecular formula is C14H18N2S. The fourth-order valence-electron chi connectivity index (χ4n) is 1.86. The van der Waals surface area contributed by atoms with Crippen LogP contribution < -0.4 is 5.73 Å². The lowest BCUT2D eigenvalue weighted by Gasteiger charge is -2.02. The second-order valence-corrected chi connectivity index (χ2v) is 5.45. The average Bonchev–Trinajstić information content (AvgIpc) is 2.63. The molecule has 1 heterocycles. The summed E-state index contributed by atoms with van der Waals surface area (Å²) >= 11 is 1.62. The summed E-state index contributed by atoms with van der Waals surface area (Å²) in [6.07, 6.45) is 3.09. The van der Waals surface area contributed by atoms with Gasteiger partial charge in [0, 0.05) is 11.3 Å². The van der Waals surface area contributed by atoms with Crippen molar-refractivity contribution in [3.63, 3.8) is 0 Å². The molecular weight excluding hydrogens is 228 g/mol. The zero-order valence-electron chi connectivity index (χ0n) is 10.4. The van der Waals surface area contributed by atoms with Gasteiger partial charge in [0.25, 0.3) is 0 Å². The van der Waals surface area contributed by atoms with Crippen LogP contribution in [0.4, 0.5) is 5.13 Å². The lowest BCUT2D eigenvalue weighted by atomic mass is 10.1. The largest absolute Gasteiger partial charge is 0.375 e. The van der Waals surface area contributed by atoms with Crippen molar-refractivity contribution in [2.75, 3.05) is 5.73 Å². The summed E-state index contributed by atoms with van der Waals surface area (Å²) < 4.78 is 0. The molecule has 0 spiro atoms. The Morgan fingerprint density at radius 2 is 1.94 bits per heavy atom. The van der Waals surface area contributed by atoms with Crippen LogP contribution in [0.5, 0.6) is 0 Å². The molecule has 17 heavy (non-hydrogen) atoms. The molecule has 0 fully saturated rings. The second-order valence-electron chi connectivity index (χ2n) is 4.33. The van der Waals surface area contributed by atoms with Gasteiger partial charge in [0.05, 0.1) is 5.69 Å². The van der Waals surface area contributed by atoms with Gasteiger partial charge in [-0.1, -0.05) is 43.2 Å². The molecule has 0 unspecified atom stereocenters. The van der Waals surface area contributed by atoms with Crippen LogP contribution in [0.1, 0.15) is 35.0 Å². The van der Waals surface area contributed by atoms with Gasteiger partial charge in [-0.05, 0) is 18.9 Å². The third-order valence-corrected chi connectivity index (χ3v) is 3.69. The zero-order valence-corrected chi connectivity index (χ0v) is 11.2. The number of anilines is 1. The van der Waals surface area contributed by atoms with Crippen LogP contribution in [-0.4, -0.2) is 4.98 Å². The Balaban J connectivity index is 2.20. The Kier molecular flexibility index (Phi) is 3.79. The zero-order chi connectivity index (χ0) is 12.3. The Bertz CT molecular complexity index is 485. The number of hydrogen-bond acceptors (Lipinski definition) is 3. The van der Waals surface area contributed by atoms with Crippen LogP contribution in [0.15, 0.2) is 24.3 Å². The molecule has 0 aliphatic heterocycles. The van der Waals surface area contributed by atoms with Crippen LogP contribution in [-0.2, 0) is 12.8 Å². The highest BCUT2D eigenvalue weighted by Crippen LogP contribution is 2.24. The molecule has 0 aliphatic rings. The Hall–Kier alpha value is -1.35. The van der Waals surface area contributed by atoms with E-state index in [-0.39, 0.29) is 0 Å². The van der Waals surface area contributed by atoms with E-state index in [1.165, 1.54) is 21.7 Å². The van der Waals surface area contributed by atoms with E-state index in [9.17, 15) is 0 Å². The quantitative estimate of drug-likeness (QED) is 0.895. The van der Waals surface area contributed by atoms with Gasteiger partial charge in [-0.3, -0.25) is 0 Å². The first kappa shape index (κ1) is 12.1. The van der Waals surface area contributed by atoms with Crippen molar-refractivity contribution in [2.24, 2.45) is 0 Å². The summed E-state index contributed by atoms with van der Waals surface area (Å²) in [5, 5.41) is 0.690. The van der Waals surface area contributed by atoms with Gasteiger partial charge >= 0.3 is 0 Å². The fraction of sp³-hybridized carbons (Fsp3) is 0.357. The highest BCUT2D eigenvalue weighted by molar-refractivity contribution is 7.15. The first-order valence-corrected chi connectivity index (χ1v) is 6.80. The van der Waals surface area contributed by atoms with E-state index in [1.54, 1.807) is 11.3 Å². The number of nitrogens with two attached hydrogens (primary N) is 1.